The zero-order chi connectivity index (χ0) is 32.0. The van der Waals surface area contributed by atoms with E-state index in [1.54, 1.807) is 12.1 Å². The topological polar surface area (TPSA) is 81.2 Å². The minimum absolute atomic E-state index is 0.203. The van der Waals surface area contributed by atoms with E-state index in [-0.39, 0.29) is 20.1 Å². The highest BCUT2D eigenvalue weighted by Crippen LogP contribution is 2.59. The van der Waals surface area contributed by atoms with Gasteiger partial charge in [-0.15, -0.1) is 0 Å². The van der Waals surface area contributed by atoms with E-state index in [2.05, 4.69) is 0 Å². The number of amides is 4. The number of benzene rings is 4. The molecule has 230 valence electrons. The van der Waals surface area contributed by atoms with Crippen molar-refractivity contribution in [3.63, 3.8) is 0 Å². The third kappa shape index (κ3) is 4.15. The van der Waals surface area contributed by atoms with Gasteiger partial charge < -0.3 is 0 Å². The van der Waals surface area contributed by atoms with Crippen molar-refractivity contribution in [3.8, 4) is 0 Å². The molecular weight excluding hydrogens is 670 g/mol. The number of halogens is 4. The summed E-state index contributed by atoms with van der Waals surface area (Å²) >= 11 is 24.9. The predicted molar refractivity (Wildman–Crippen MR) is 175 cm³/mol. The number of fused-ring (bicyclic) bond motifs is 5. The van der Waals surface area contributed by atoms with E-state index in [9.17, 15) is 19.2 Å². The number of rotatable bonds is 4. The summed E-state index contributed by atoms with van der Waals surface area (Å²) in [4.78, 5) is 60.1. The number of carbonyl (C=O) groups is 4. The first-order valence-electron chi connectivity index (χ1n) is 14.5. The fraction of sp³-hybridized carbons (Fsp3) is 0.176. The van der Waals surface area contributed by atoms with Gasteiger partial charge in [-0.25, -0.2) is 19.8 Å². The molecule has 4 fully saturated rings. The number of hydrogen-bond acceptors (Lipinski definition) is 6. The second-order valence-electron chi connectivity index (χ2n) is 11.6. The highest BCUT2D eigenvalue weighted by Gasteiger charge is 2.73. The number of anilines is 2. The average Bonchev–Trinajstić information content (AvgIpc) is 3.72. The minimum Gasteiger partial charge on any atom is -0.274 e. The lowest BCUT2D eigenvalue weighted by atomic mass is 9.84. The SMILES string of the molecule is O=C1[C@H]2[C@@H](c3ccccc3)N3[C@H]4C(=O)N(c5ccc(Cl)c(Cl)c5)C(=O)[C@H]4[C@@H](c4ccccc4)N3[C@H]2C(=O)N1c1ccc(Cl)c(Cl)c1. The van der Waals surface area contributed by atoms with Gasteiger partial charge in [-0.1, -0.05) is 107 Å². The summed E-state index contributed by atoms with van der Waals surface area (Å²) < 4.78 is 0. The van der Waals surface area contributed by atoms with Gasteiger partial charge in [-0.05, 0) is 47.5 Å². The maximum atomic E-state index is 14.5. The summed E-state index contributed by atoms with van der Waals surface area (Å²) in [5.41, 5.74) is 2.06. The van der Waals surface area contributed by atoms with E-state index < -0.39 is 59.6 Å². The molecule has 4 aliphatic heterocycles. The molecule has 4 heterocycles. The van der Waals surface area contributed by atoms with Crippen molar-refractivity contribution in [1.82, 2.24) is 10.0 Å². The number of imide groups is 2. The van der Waals surface area contributed by atoms with Crippen LogP contribution >= 0.6 is 46.4 Å². The Morgan fingerprint density at radius 2 is 0.783 bits per heavy atom. The lowest BCUT2D eigenvalue weighted by molar-refractivity contribution is -0.136. The molecule has 4 aromatic carbocycles. The fourth-order valence-electron chi connectivity index (χ4n) is 7.56. The molecule has 0 saturated carbocycles. The van der Waals surface area contributed by atoms with Gasteiger partial charge in [0.15, 0.2) is 0 Å². The van der Waals surface area contributed by atoms with Crippen molar-refractivity contribution >= 4 is 81.4 Å². The van der Waals surface area contributed by atoms with Crippen LogP contribution in [-0.2, 0) is 19.2 Å². The molecule has 0 bridgehead atoms. The molecule has 0 unspecified atom stereocenters. The van der Waals surface area contributed by atoms with E-state index >= 15 is 0 Å². The molecule has 0 aliphatic carbocycles. The molecule has 12 heteroatoms. The maximum absolute atomic E-state index is 14.5. The Morgan fingerprint density at radius 3 is 1.13 bits per heavy atom. The van der Waals surface area contributed by atoms with Gasteiger partial charge in [0.2, 0.25) is 11.8 Å². The summed E-state index contributed by atoms with van der Waals surface area (Å²) in [6.07, 6.45) is 0. The lowest BCUT2D eigenvalue weighted by Crippen LogP contribution is -2.50. The van der Waals surface area contributed by atoms with Gasteiger partial charge in [-0.3, -0.25) is 19.2 Å². The smallest absolute Gasteiger partial charge is 0.253 e. The third-order valence-electron chi connectivity index (χ3n) is 9.33. The molecule has 0 spiro atoms. The third-order valence-corrected chi connectivity index (χ3v) is 10.8. The Bertz CT molecular complexity index is 1820. The predicted octanol–water partition coefficient (Wildman–Crippen LogP) is 6.75. The molecule has 8 nitrogen and oxygen atoms in total. The van der Waals surface area contributed by atoms with E-state index in [1.807, 2.05) is 70.7 Å². The zero-order valence-corrected chi connectivity index (χ0v) is 26.7. The first kappa shape index (κ1) is 29.6. The maximum Gasteiger partial charge on any atom is 0.253 e. The molecule has 46 heavy (non-hydrogen) atoms. The largest absolute Gasteiger partial charge is 0.274 e. The van der Waals surface area contributed by atoms with Crippen LogP contribution in [0, 0.1) is 11.8 Å². The monoisotopic (exact) mass is 690 g/mol. The molecule has 4 aliphatic rings. The molecule has 4 saturated heterocycles. The summed E-state index contributed by atoms with van der Waals surface area (Å²) in [5, 5.41) is 4.61. The molecule has 8 rings (SSSR count). The molecule has 4 aromatic rings. The second kappa shape index (κ2) is 10.9. The quantitative estimate of drug-likeness (QED) is 0.221. The summed E-state index contributed by atoms with van der Waals surface area (Å²) in [6, 6.07) is 24.3. The Balaban J connectivity index is 1.32. The molecule has 4 amide bonds. The van der Waals surface area contributed by atoms with Crippen molar-refractivity contribution in [3.05, 3.63) is 128 Å². The zero-order valence-electron chi connectivity index (χ0n) is 23.6. The molecule has 6 atom stereocenters. The van der Waals surface area contributed by atoms with E-state index in [0.717, 1.165) is 20.9 Å². The Hall–Kier alpha value is -3.76. The van der Waals surface area contributed by atoms with Gasteiger partial charge in [-0.2, -0.15) is 0 Å². The van der Waals surface area contributed by atoms with Gasteiger partial charge in [0.25, 0.3) is 11.8 Å². The van der Waals surface area contributed by atoms with Crippen LogP contribution in [0.4, 0.5) is 11.4 Å². The average molecular weight is 692 g/mol. The van der Waals surface area contributed by atoms with Crippen LogP contribution in [0.25, 0.3) is 0 Å². The fourth-order valence-corrected chi connectivity index (χ4v) is 8.14. The van der Waals surface area contributed by atoms with Crippen LogP contribution in [0.15, 0.2) is 97.1 Å². The van der Waals surface area contributed by atoms with Crippen LogP contribution in [0.2, 0.25) is 20.1 Å². The molecule has 0 N–H and O–H groups in total. The van der Waals surface area contributed by atoms with E-state index in [4.69, 9.17) is 46.4 Å². The molecule has 0 radical (unpaired) electrons. The van der Waals surface area contributed by atoms with Crippen molar-refractivity contribution in [2.75, 3.05) is 9.80 Å². The highest BCUT2D eigenvalue weighted by atomic mass is 35.5. The highest BCUT2D eigenvalue weighted by molar-refractivity contribution is 6.43. The van der Waals surface area contributed by atoms with Crippen LogP contribution < -0.4 is 9.80 Å². The second-order valence-corrected chi connectivity index (χ2v) is 13.3. The van der Waals surface area contributed by atoms with Crippen molar-refractivity contribution in [2.45, 2.75) is 24.2 Å². The first-order chi connectivity index (χ1) is 22.2. The summed E-state index contributed by atoms with van der Waals surface area (Å²) in [6.45, 7) is 0. The number of hydrazine groups is 1. The normalized spacial score (nSPS) is 27.5. The number of carbonyl (C=O) groups excluding carboxylic acids is 4. The van der Waals surface area contributed by atoms with Crippen LogP contribution in [0.3, 0.4) is 0 Å². The Morgan fingerprint density at radius 1 is 0.413 bits per heavy atom. The molecular formula is C34H22Cl4N4O4. The van der Waals surface area contributed by atoms with Gasteiger partial charge in [0.05, 0.1) is 55.4 Å². The summed E-state index contributed by atoms with van der Waals surface area (Å²) in [7, 11) is 0. The first-order valence-corrected chi connectivity index (χ1v) is 16.0. The van der Waals surface area contributed by atoms with Crippen LogP contribution in [-0.4, -0.2) is 45.7 Å². The minimum atomic E-state index is -0.998. The molecule has 0 aromatic heterocycles. The van der Waals surface area contributed by atoms with Crippen LogP contribution in [0.5, 0.6) is 0 Å². The van der Waals surface area contributed by atoms with Crippen molar-refractivity contribution < 1.29 is 19.2 Å². The van der Waals surface area contributed by atoms with Crippen molar-refractivity contribution in [1.29, 1.82) is 0 Å². The number of nitrogens with zero attached hydrogens (tertiary/aromatic N) is 4. The summed E-state index contributed by atoms with van der Waals surface area (Å²) in [5.74, 6) is -3.59. The van der Waals surface area contributed by atoms with Gasteiger partial charge in [0.1, 0.15) is 12.1 Å². The van der Waals surface area contributed by atoms with Crippen LogP contribution in [0.1, 0.15) is 23.2 Å². The van der Waals surface area contributed by atoms with Gasteiger partial charge >= 0.3 is 0 Å². The lowest BCUT2D eigenvalue weighted by Gasteiger charge is -2.35. The standard InChI is InChI=1S/C34H22Cl4N4O4/c35-21-13-11-19(15-23(21)37)39-31(43)25-27(17-7-3-1-4-8-17)41-30-26(28(18-9-5-2-6-10-18)42(41)29(25)33(39)45)32(44)40(34(30)46)20-12-14-22(36)24(38)16-20/h1-16,25-30H/t25-,26-,27+,28+,29+,30+/m0/s1. The van der Waals surface area contributed by atoms with E-state index in [0.29, 0.717) is 11.4 Å². The van der Waals surface area contributed by atoms with Gasteiger partial charge in [0, 0.05) is 0 Å². The number of hydrogen-bond donors (Lipinski definition) is 0. The Labute approximate surface area is 283 Å². The van der Waals surface area contributed by atoms with E-state index in [1.165, 1.54) is 24.3 Å². The van der Waals surface area contributed by atoms with Crippen molar-refractivity contribution in [2.24, 2.45) is 11.8 Å². The Kier molecular flexibility index (Phi) is 7.03.